The molecule has 134 valence electrons. The molecule has 0 aliphatic heterocycles. The van der Waals surface area contributed by atoms with E-state index in [9.17, 15) is 0 Å². The third-order valence-electron chi connectivity index (χ3n) is 4.13. The Morgan fingerprint density at radius 2 is 1.70 bits per heavy atom. The zero-order valence-electron chi connectivity index (χ0n) is 14.9. The Kier molecular flexibility index (Phi) is 5.12. The molecular weight excluding hydrogens is 354 g/mol. The minimum absolute atomic E-state index is 0.562. The van der Waals surface area contributed by atoms with Crippen molar-refractivity contribution in [2.45, 2.75) is 13.5 Å². The Morgan fingerprint density at radius 1 is 0.963 bits per heavy atom. The van der Waals surface area contributed by atoms with Crippen LogP contribution >= 0.6 is 11.3 Å². The molecule has 0 aliphatic rings. The highest BCUT2D eigenvalue weighted by molar-refractivity contribution is 7.22. The van der Waals surface area contributed by atoms with Gasteiger partial charge in [0.05, 0.1) is 15.9 Å². The molecule has 0 radical (unpaired) electrons. The van der Waals surface area contributed by atoms with Gasteiger partial charge in [0.2, 0.25) is 5.13 Å². The first-order valence-corrected chi connectivity index (χ1v) is 9.52. The molecule has 3 aromatic carbocycles. The molecule has 27 heavy (non-hydrogen) atoms. The van der Waals surface area contributed by atoms with E-state index in [-0.39, 0.29) is 0 Å². The molecule has 4 aromatic rings. The van der Waals surface area contributed by atoms with Gasteiger partial charge in [0.15, 0.2) is 0 Å². The summed E-state index contributed by atoms with van der Waals surface area (Å²) in [6.45, 7) is 2.53. The van der Waals surface area contributed by atoms with E-state index >= 15 is 0 Å². The number of hydrogen-bond acceptors (Lipinski definition) is 5. The Balaban J connectivity index is 1.39. The first-order chi connectivity index (χ1) is 13.3. The first kappa shape index (κ1) is 17.2. The fourth-order valence-corrected chi connectivity index (χ4v) is 3.46. The predicted molar refractivity (Wildman–Crippen MR) is 113 cm³/mol. The minimum Gasteiger partial charge on any atom is -0.489 e. The van der Waals surface area contributed by atoms with Crippen LogP contribution in [-0.4, -0.2) is 10.7 Å². The van der Waals surface area contributed by atoms with Crippen LogP contribution < -0.4 is 10.2 Å². The summed E-state index contributed by atoms with van der Waals surface area (Å²) in [5, 5.41) is 5.25. The molecule has 0 unspecified atom stereocenters. The van der Waals surface area contributed by atoms with Gasteiger partial charge in [-0.15, -0.1) is 0 Å². The Hall–Kier alpha value is -3.18. The van der Waals surface area contributed by atoms with Crippen molar-refractivity contribution >= 4 is 32.4 Å². The number of hydrogen-bond donors (Lipinski definition) is 1. The maximum Gasteiger partial charge on any atom is 0.204 e. The van der Waals surface area contributed by atoms with E-state index in [2.05, 4.69) is 33.7 Å². The summed E-state index contributed by atoms with van der Waals surface area (Å²) < 4.78 is 6.97. The molecule has 0 saturated heterocycles. The number of nitrogens with one attached hydrogen (secondary N) is 1. The standard InChI is InChI=1S/C22H19N3OS/c1-16(24-25-22-23-20-9-5-6-10-21(20)27-22)18-11-13-19(14-12-18)26-15-17-7-3-2-4-8-17/h2-14H,15H2,1H3,(H,23,25)/b24-16-. The molecule has 1 N–H and O–H groups in total. The second-order valence-electron chi connectivity index (χ2n) is 6.09. The first-order valence-electron chi connectivity index (χ1n) is 8.71. The van der Waals surface area contributed by atoms with Crippen LogP contribution in [0.5, 0.6) is 5.75 Å². The highest BCUT2D eigenvalue weighted by Crippen LogP contribution is 2.25. The largest absolute Gasteiger partial charge is 0.489 e. The molecule has 0 amide bonds. The van der Waals surface area contributed by atoms with Crippen molar-refractivity contribution in [3.63, 3.8) is 0 Å². The van der Waals surface area contributed by atoms with Crippen LogP contribution in [0.4, 0.5) is 5.13 Å². The highest BCUT2D eigenvalue weighted by atomic mass is 32.1. The molecule has 4 rings (SSSR count). The number of nitrogens with zero attached hydrogens (tertiary/aromatic N) is 2. The summed E-state index contributed by atoms with van der Waals surface area (Å²) in [5.74, 6) is 0.842. The van der Waals surface area contributed by atoms with E-state index in [1.165, 1.54) is 0 Å². The molecule has 0 bridgehead atoms. The van der Waals surface area contributed by atoms with Crippen LogP contribution in [0.15, 0.2) is 84.0 Å². The number of ether oxygens (including phenoxy) is 1. The summed E-state index contributed by atoms with van der Waals surface area (Å²) >= 11 is 1.59. The smallest absolute Gasteiger partial charge is 0.204 e. The van der Waals surface area contributed by atoms with E-state index in [4.69, 9.17) is 4.74 Å². The molecular formula is C22H19N3OS. The number of anilines is 1. The molecule has 0 atom stereocenters. The summed E-state index contributed by atoms with van der Waals surface area (Å²) in [6.07, 6.45) is 0. The van der Waals surface area contributed by atoms with Gasteiger partial charge in [-0.3, -0.25) is 5.43 Å². The van der Waals surface area contributed by atoms with E-state index in [1.54, 1.807) is 11.3 Å². The zero-order chi connectivity index (χ0) is 18.5. The zero-order valence-corrected chi connectivity index (χ0v) is 15.7. The third kappa shape index (κ3) is 4.33. The molecule has 4 nitrogen and oxygen atoms in total. The maximum absolute atomic E-state index is 5.83. The summed E-state index contributed by atoms with van der Waals surface area (Å²) in [5.41, 5.74) is 7.12. The van der Waals surface area contributed by atoms with Gasteiger partial charge < -0.3 is 4.74 Å². The second kappa shape index (κ2) is 8.01. The SMILES string of the molecule is C/C(=N/Nc1nc2ccccc2s1)c1ccc(OCc2ccccc2)cc1. The number of benzene rings is 3. The molecule has 1 heterocycles. The van der Waals surface area contributed by atoms with Crippen molar-refractivity contribution in [3.8, 4) is 5.75 Å². The monoisotopic (exact) mass is 373 g/mol. The quantitative estimate of drug-likeness (QED) is 0.348. The second-order valence-corrected chi connectivity index (χ2v) is 7.13. The van der Waals surface area contributed by atoms with Crippen molar-refractivity contribution < 1.29 is 4.74 Å². The number of aromatic nitrogens is 1. The number of fused-ring (bicyclic) bond motifs is 1. The summed E-state index contributed by atoms with van der Waals surface area (Å²) in [6, 6.07) is 26.2. The average molecular weight is 373 g/mol. The van der Waals surface area contributed by atoms with Gasteiger partial charge in [-0.25, -0.2) is 4.98 Å². The fraction of sp³-hybridized carbons (Fsp3) is 0.0909. The van der Waals surface area contributed by atoms with Gasteiger partial charge in [0.1, 0.15) is 12.4 Å². The Bertz CT molecular complexity index is 1020. The van der Waals surface area contributed by atoms with E-state index in [0.29, 0.717) is 6.61 Å². The van der Waals surface area contributed by atoms with Gasteiger partial charge >= 0.3 is 0 Å². The van der Waals surface area contributed by atoms with E-state index in [1.807, 2.05) is 67.6 Å². The van der Waals surface area contributed by atoms with Crippen LogP contribution in [0.3, 0.4) is 0 Å². The van der Waals surface area contributed by atoms with Gasteiger partial charge in [-0.2, -0.15) is 5.10 Å². The number of para-hydroxylation sites is 1. The van der Waals surface area contributed by atoms with Gasteiger partial charge in [0.25, 0.3) is 0 Å². The van der Waals surface area contributed by atoms with E-state index in [0.717, 1.165) is 37.9 Å². The van der Waals surface area contributed by atoms with Crippen LogP contribution in [0.25, 0.3) is 10.2 Å². The molecule has 1 aromatic heterocycles. The number of rotatable bonds is 6. The normalized spacial score (nSPS) is 11.5. The van der Waals surface area contributed by atoms with Crippen molar-refractivity contribution in [1.29, 1.82) is 0 Å². The van der Waals surface area contributed by atoms with Crippen LogP contribution in [0.2, 0.25) is 0 Å². The Labute approximate surface area is 162 Å². The average Bonchev–Trinajstić information content (AvgIpc) is 3.15. The summed E-state index contributed by atoms with van der Waals surface area (Å²) in [7, 11) is 0. The lowest BCUT2D eigenvalue weighted by Gasteiger charge is -2.07. The predicted octanol–water partition coefficient (Wildman–Crippen LogP) is 5.71. The number of thiazole rings is 1. The summed E-state index contributed by atoms with van der Waals surface area (Å²) in [4.78, 5) is 4.53. The third-order valence-corrected chi connectivity index (χ3v) is 5.07. The molecule has 0 saturated carbocycles. The lowest BCUT2D eigenvalue weighted by molar-refractivity contribution is 0.306. The van der Waals surface area contributed by atoms with Gasteiger partial charge in [0, 0.05) is 0 Å². The maximum atomic E-state index is 5.83. The molecule has 5 heteroatoms. The highest BCUT2D eigenvalue weighted by Gasteiger charge is 2.03. The minimum atomic E-state index is 0.562. The molecule has 0 fully saturated rings. The Morgan fingerprint density at radius 3 is 2.48 bits per heavy atom. The van der Waals surface area contributed by atoms with Crippen LogP contribution in [0, 0.1) is 0 Å². The van der Waals surface area contributed by atoms with Gasteiger partial charge in [-0.05, 0) is 54.4 Å². The fourth-order valence-electron chi connectivity index (χ4n) is 2.65. The molecule has 0 aliphatic carbocycles. The van der Waals surface area contributed by atoms with E-state index < -0.39 is 0 Å². The topological polar surface area (TPSA) is 46.5 Å². The molecule has 0 spiro atoms. The van der Waals surface area contributed by atoms with Crippen molar-refractivity contribution in [2.24, 2.45) is 5.10 Å². The van der Waals surface area contributed by atoms with Gasteiger partial charge in [-0.1, -0.05) is 53.8 Å². The van der Waals surface area contributed by atoms with Crippen LogP contribution in [-0.2, 0) is 6.61 Å². The number of hydrazone groups is 1. The van der Waals surface area contributed by atoms with Crippen molar-refractivity contribution in [2.75, 3.05) is 5.43 Å². The van der Waals surface area contributed by atoms with Crippen molar-refractivity contribution in [3.05, 3.63) is 90.0 Å². The lowest BCUT2D eigenvalue weighted by atomic mass is 10.1. The van der Waals surface area contributed by atoms with Crippen molar-refractivity contribution in [1.82, 2.24) is 4.98 Å². The lowest BCUT2D eigenvalue weighted by Crippen LogP contribution is -2.00. The van der Waals surface area contributed by atoms with Crippen LogP contribution in [0.1, 0.15) is 18.1 Å².